The second-order valence-electron chi connectivity index (χ2n) is 4.28. The van der Waals surface area contributed by atoms with Gasteiger partial charge in [0.2, 0.25) is 0 Å². The van der Waals surface area contributed by atoms with E-state index in [0.717, 1.165) is 11.1 Å². The van der Waals surface area contributed by atoms with Crippen molar-refractivity contribution >= 4 is 5.91 Å². The van der Waals surface area contributed by atoms with Crippen LogP contribution in [0.15, 0.2) is 42.7 Å². The maximum atomic E-state index is 12.0. The highest BCUT2D eigenvalue weighted by atomic mass is 16.3. The molecule has 1 aromatic heterocycles. The van der Waals surface area contributed by atoms with Gasteiger partial charge in [-0.15, -0.1) is 0 Å². The number of nitrogens with one attached hydrogen (secondary N) is 1. The molecule has 0 radical (unpaired) electrons. The van der Waals surface area contributed by atoms with E-state index in [1.807, 2.05) is 24.3 Å². The second kappa shape index (κ2) is 7.08. The average molecular weight is 281 g/mol. The van der Waals surface area contributed by atoms with Crippen molar-refractivity contribution in [3.63, 3.8) is 0 Å². The molecule has 1 heterocycles. The summed E-state index contributed by atoms with van der Waals surface area (Å²) >= 11 is 0. The number of aromatic hydroxyl groups is 1. The first kappa shape index (κ1) is 14.6. The fourth-order valence-corrected chi connectivity index (χ4v) is 1.77. The first-order valence-corrected chi connectivity index (χ1v) is 6.40. The number of amides is 1. The molecule has 0 atom stereocenters. The molecule has 5 heteroatoms. The van der Waals surface area contributed by atoms with E-state index in [4.69, 9.17) is 5.73 Å². The van der Waals surface area contributed by atoms with Gasteiger partial charge in [0.1, 0.15) is 5.75 Å². The van der Waals surface area contributed by atoms with E-state index in [0.29, 0.717) is 12.1 Å². The van der Waals surface area contributed by atoms with Crippen molar-refractivity contribution in [1.29, 1.82) is 0 Å². The number of nitrogens with zero attached hydrogens (tertiary/aromatic N) is 1. The molecule has 0 aliphatic heterocycles. The molecule has 0 aliphatic rings. The Balaban J connectivity index is 2.08. The van der Waals surface area contributed by atoms with Gasteiger partial charge in [-0.2, -0.15) is 0 Å². The standard InChI is InChI=1S/C16H15N3O2/c17-7-3-6-12-4-1-2-5-13(12)10-19-16(21)14-8-15(20)11-18-9-14/h1-2,4-5,8-9,11,20H,7,10,17H2,(H,19,21). The van der Waals surface area contributed by atoms with Gasteiger partial charge in [0.05, 0.1) is 18.3 Å². The summed E-state index contributed by atoms with van der Waals surface area (Å²) in [6.07, 6.45) is 2.67. The van der Waals surface area contributed by atoms with Gasteiger partial charge in [-0.05, 0) is 17.7 Å². The fraction of sp³-hybridized carbons (Fsp3) is 0.125. The Morgan fingerprint density at radius 3 is 2.90 bits per heavy atom. The summed E-state index contributed by atoms with van der Waals surface area (Å²) in [5, 5.41) is 12.1. The van der Waals surface area contributed by atoms with Crippen LogP contribution in [-0.4, -0.2) is 22.5 Å². The summed E-state index contributed by atoms with van der Waals surface area (Å²) in [4.78, 5) is 15.7. The molecule has 2 rings (SSSR count). The van der Waals surface area contributed by atoms with Crippen molar-refractivity contribution in [2.75, 3.05) is 6.54 Å². The van der Waals surface area contributed by atoms with E-state index in [-0.39, 0.29) is 18.2 Å². The van der Waals surface area contributed by atoms with Gasteiger partial charge in [-0.25, -0.2) is 0 Å². The molecule has 0 unspecified atom stereocenters. The third-order valence-electron chi connectivity index (χ3n) is 2.77. The Morgan fingerprint density at radius 2 is 2.14 bits per heavy atom. The van der Waals surface area contributed by atoms with Gasteiger partial charge in [0.15, 0.2) is 0 Å². The third kappa shape index (κ3) is 4.06. The molecule has 0 saturated heterocycles. The lowest BCUT2D eigenvalue weighted by atomic mass is 10.1. The van der Waals surface area contributed by atoms with Crippen LogP contribution >= 0.6 is 0 Å². The number of hydrogen-bond acceptors (Lipinski definition) is 4. The molecule has 0 bridgehead atoms. The summed E-state index contributed by atoms with van der Waals surface area (Å²) < 4.78 is 0. The van der Waals surface area contributed by atoms with Crippen LogP contribution in [-0.2, 0) is 6.54 Å². The summed E-state index contributed by atoms with van der Waals surface area (Å²) in [5.74, 6) is 5.41. The van der Waals surface area contributed by atoms with Crippen molar-refractivity contribution in [3.8, 4) is 17.6 Å². The quantitative estimate of drug-likeness (QED) is 0.733. The summed E-state index contributed by atoms with van der Waals surface area (Å²) in [6, 6.07) is 8.89. The molecular weight excluding hydrogens is 266 g/mol. The maximum Gasteiger partial charge on any atom is 0.253 e. The second-order valence-corrected chi connectivity index (χ2v) is 4.28. The van der Waals surface area contributed by atoms with Gasteiger partial charge in [-0.1, -0.05) is 30.0 Å². The molecule has 0 saturated carbocycles. The monoisotopic (exact) mass is 281 g/mol. The minimum atomic E-state index is -0.306. The van der Waals surface area contributed by atoms with E-state index < -0.39 is 0 Å². The maximum absolute atomic E-state index is 12.0. The van der Waals surface area contributed by atoms with Crippen molar-refractivity contribution < 1.29 is 9.90 Å². The van der Waals surface area contributed by atoms with E-state index in [1.54, 1.807) is 0 Å². The first-order chi connectivity index (χ1) is 10.2. The number of hydrogen-bond donors (Lipinski definition) is 3. The molecule has 106 valence electrons. The average Bonchev–Trinajstić information content (AvgIpc) is 2.51. The highest BCUT2D eigenvalue weighted by molar-refractivity contribution is 5.94. The van der Waals surface area contributed by atoms with Crippen LogP contribution in [0, 0.1) is 11.8 Å². The molecule has 1 amide bonds. The molecule has 0 spiro atoms. The lowest BCUT2D eigenvalue weighted by molar-refractivity contribution is 0.0950. The molecule has 21 heavy (non-hydrogen) atoms. The molecular formula is C16H15N3O2. The first-order valence-electron chi connectivity index (χ1n) is 6.40. The minimum absolute atomic E-state index is 0.0446. The summed E-state index contributed by atoms with van der Waals surface area (Å²) in [6.45, 7) is 0.625. The van der Waals surface area contributed by atoms with Crippen molar-refractivity contribution in [3.05, 3.63) is 59.4 Å². The van der Waals surface area contributed by atoms with Crippen LogP contribution in [0.2, 0.25) is 0 Å². The highest BCUT2D eigenvalue weighted by Gasteiger charge is 2.07. The van der Waals surface area contributed by atoms with Crippen molar-refractivity contribution in [2.45, 2.75) is 6.54 Å². The van der Waals surface area contributed by atoms with Gasteiger partial charge >= 0.3 is 0 Å². The largest absolute Gasteiger partial charge is 0.506 e. The van der Waals surface area contributed by atoms with Crippen LogP contribution in [0.3, 0.4) is 0 Å². The highest BCUT2D eigenvalue weighted by Crippen LogP contribution is 2.10. The Hall–Kier alpha value is -2.84. The van der Waals surface area contributed by atoms with E-state index in [2.05, 4.69) is 22.1 Å². The number of rotatable bonds is 3. The van der Waals surface area contributed by atoms with Crippen LogP contribution in [0.4, 0.5) is 0 Å². The van der Waals surface area contributed by atoms with E-state index >= 15 is 0 Å². The number of carbonyl (C=O) groups is 1. The fourth-order valence-electron chi connectivity index (χ4n) is 1.77. The van der Waals surface area contributed by atoms with Gasteiger partial charge in [0.25, 0.3) is 5.91 Å². The summed E-state index contributed by atoms with van der Waals surface area (Å²) in [7, 11) is 0. The van der Waals surface area contributed by atoms with Crippen LogP contribution in [0.25, 0.3) is 0 Å². The van der Waals surface area contributed by atoms with E-state index in [9.17, 15) is 9.90 Å². The predicted molar refractivity (Wildman–Crippen MR) is 79.4 cm³/mol. The minimum Gasteiger partial charge on any atom is -0.506 e. The molecule has 0 fully saturated rings. The number of carbonyl (C=O) groups excluding carboxylic acids is 1. The summed E-state index contributed by atoms with van der Waals surface area (Å²) in [5.41, 5.74) is 7.40. The zero-order valence-corrected chi connectivity index (χ0v) is 11.3. The predicted octanol–water partition coefficient (Wildman–Crippen LogP) is 1.03. The lowest BCUT2D eigenvalue weighted by Gasteiger charge is -2.07. The molecule has 1 aromatic carbocycles. The van der Waals surface area contributed by atoms with Gasteiger partial charge < -0.3 is 16.2 Å². The molecule has 2 aromatic rings. The Morgan fingerprint density at radius 1 is 1.33 bits per heavy atom. The van der Waals surface area contributed by atoms with Gasteiger partial charge in [0, 0.05) is 18.3 Å². The Labute approximate surface area is 122 Å². The number of nitrogens with two attached hydrogens (primary N) is 1. The normalized spacial score (nSPS) is 9.57. The molecule has 5 nitrogen and oxygen atoms in total. The van der Waals surface area contributed by atoms with Gasteiger partial charge in [-0.3, -0.25) is 9.78 Å². The third-order valence-corrected chi connectivity index (χ3v) is 2.77. The topological polar surface area (TPSA) is 88.2 Å². The van der Waals surface area contributed by atoms with Crippen molar-refractivity contribution in [2.24, 2.45) is 5.73 Å². The van der Waals surface area contributed by atoms with Crippen molar-refractivity contribution in [1.82, 2.24) is 10.3 Å². The van der Waals surface area contributed by atoms with Crippen LogP contribution in [0.5, 0.6) is 5.75 Å². The van der Waals surface area contributed by atoms with E-state index in [1.165, 1.54) is 18.5 Å². The Bertz CT molecular complexity index is 702. The van der Waals surface area contributed by atoms with Crippen LogP contribution < -0.4 is 11.1 Å². The molecule has 0 aliphatic carbocycles. The molecule has 4 N–H and O–H groups in total. The SMILES string of the molecule is NCC#Cc1ccccc1CNC(=O)c1cncc(O)c1. The lowest BCUT2D eigenvalue weighted by Crippen LogP contribution is -2.23. The zero-order chi connectivity index (χ0) is 15.1. The van der Waals surface area contributed by atoms with Crippen LogP contribution in [0.1, 0.15) is 21.5 Å². The number of pyridine rings is 1. The Kier molecular flexibility index (Phi) is 4.91. The number of aromatic nitrogens is 1. The zero-order valence-electron chi connectivity index (χ0n) is 11.3. The smallest absolute Gasteiger partial charge is 0.253 e. The number of benzene rings is 1.